The Labute approximate surface area is 75.2 Å². The number of aromatic nitrogens is 1. The van der Waals surface area contributed by atoms with Gasteiger partial charge in [-0.3, -0.25) is 4.98 Å². The van der Waals surface area contributed by atoms with Crippen LogP contribution in [0.15, 0.2) is 12.3 Å². The van der Waals surface area contributed by atoms with Crippen LogP contribution in [0.1, 0.15) is 23.0 Å². The summed E-state index contributed by atoms with van der Waals surface area (Å²) in [5, 5.41) is 8.39. The molecule has 3 nitrogen and oxygen atoms in total. The van der Waals surface area contributed by atoms with Crippen LogP contribution in [0.5, 0.6) is 0 Å². The second-order valence-corrected chi connectivity index (χ2v) is 2.87. The van der Waals surface area contributed by atoms with E-state index >= 15 is 0 Å². The maximum atomic E-state index is 12.9. The Hall–Kier alpha value is -1.45. The van der Waals surface area contributed by atoms with Gasteiger partial charge in [-0.25, -0.2) is 9.18 Å². The summed E-state index contributed by atoms with van der Waals surface area (Å²) in [7, 11) is 0. The smallest absolute Gasteiger partial charge is 0.343 e. The van der Waals surface area contributed by atoms with Crippen molar-refractivity contribution in [1.82, 2.24) is 4.98 Å². The van der Waals surface area contributed by atoms with Gasteiger partial charge in [0.1, 0.15) is 0 Å². The molecule has 0 radical (unpaired) electrons. The summed E-state index contributed by atoms with van der Waals surface area (Å²) in [6.07, 6.45) is -0.729. The molecular weight excluding hydrogens is 173 g/mol. The molecule has 0 saturated heterocycles. The molecule has 0 aliphatic rings. The summed E-state index contributed by atoms with van der Waals surface area (Å²) < 4.78 is 12.9. The van der Waals surface area contributed by atoms with E-state index in [0.717, 1.165) is 11.3 Å². The number of nitrogens with zero attached hydrogens (tertiary/aromatic N) is 1. The molecule has 1 rings (SSSR count). The second-order valence-electron chi connectivity index (χ2n) is 2.87. The highest BCUT2D eigenvalue weighted by molar-refractivity contribution is 5.74. The minimum absolute atomic E-state index is 0.0931. The van der Waals surface area contributed by atoms with Crippen LogP contribution < -0.4 is 0 Å². The number of rotatable bonds is 2. The molecule has 0 amide bonds. The van der Waals surface area contributed by atoms with Crippen LogP contribution in [0.2, 0.25) is 0 Å². The van der Waals surface area contributed by atoms with E-state index in [4.69, 9.17) is 5.11 Å². The van der Waals surface area contributed by atoms with Crippen molar-refractivity contribution in [3.63, 3.8) is 0 Å². The Morgan fingerprint density at radius 1 is 1.62 bits per heavy atom. The first-order chi connectivity index (χ1) is 6.02. The molecule has 0 bridgehead atoms. The highest BCUT2D eigenvalue weighted by Crippen LogP contribution is 2.18. The van der Waals surface area contributed by atoms with Crippen LogP contribution in [-0.2, 0) is 4.79 Å². The van der Waals surface area contributed by atoms with E-state index in [1.54, 1.807) is 13.8 Å². The molecular formula is C9H10FNO2. The average Bonchev–Trinajstić information content (AvgIpc) is 2.08. The first-order valence-electron chi connectivity index (χ1n) is 3.82. The second kappa shape index (κ2) is 3.51. The van der Waals surface area contributed by atoms with Crippen LogP contribution in [0.3, 0.4) is 0 Å². The summed E-state index contributed by atoms with van der Waals surface area (Å²) in [6.45, 7) is 3.55. The Balaban J connectivity index is 3.03. The summed E-state index contributed by atoms with van der Waals surface area (Å²) in [5.74, 6) is -1.48. The predicted octanol–water partition coefficient (Wildman–Crippen LogP) is 1.79. The third-order valence-corrected chi connectivity index (χ3v) is 1.87. The molecule has 1 N–H and O–H groups in total. The molecule has 4 heteroatoms. The fourth-order valence-corrected chi connectivity index (χ4v) is 0.946. The van der Waals surface area contributed by atoms with Crippen LogP contribution in [-0.4, -0.2) is 16.1 Å². The number of alkyl halides is 1. The van der Waals surface area contributed by atoms with E-state index in [2.05, 4.69) is 4.98 Å². The highest BCUT2D eigenvalue weighted by Gasteiger charge is 2.18. The van der Waals surface area contributed by atoms with Gasteiger partial charge in [-0.2, -0.15) is 0 Å². The monoisotopic (exact) mass is 183 g/mol. The van der Waals surface area contributed by atoms with Crippen LogP contribution in [0.25, 0.3) is 0 Å². The Bertz CT molecular complexity index is 338. The molecule has 1 unspecified atom stereocenters. The number of pyridine rings is 1. The largest absolute Gasteiger partial charge is 0.479 e. The standard InChI is InChI=1S/C9H10FNO2/c1-5-3-7(4-11-6(5)2)8(10)9(12)13/h3-4,8H,1-2H3,(H,12,13). The molecule has 1 heterocycles. The molecule has 0 aliphatic carbocycles. The molecule has 0 saturated carbocycles. The van der Waals surface area contributed by atoms with Crippen molar-refractivity contribution in [3.8, 4) is 0 Å². The van der Waals surface area contributed by atoms with Crippen LogP contribution >= 0.6 is 0 Å². The van der Waals surface area contributed by atoms with Gasteiger partial charge < -0.3 is 5.11 Å². The number of hydrogen-bond donors (Lipinski definition) is 1. The van der Waals surface area contributed by atoms with Crippen molar-refractivity contribution < 1.29 is 14.3 Å². The van der Waals surface area contributed by atoms with E-state index in [-0.39, 0.29) is 5.56 Å². The molecule has 0 aliphatic heterocycles. The molecule has 1 aromatic rings. The molecule has 1 atom stereocenters. The Morgan fingerprint density at radius 3 is 2.69 bits per heavy atom. The van der Waals surface area contributed by atoms with Crippen molar-refractivity contribution in [2.45, 2.75) is 20.0 Å². The predicted molar refractivity (Wildman–Crippen MR) is 45.2 cm³/mol. The van der Waals surface area contributed by atoms with Crippen molar-refractivity contribution in [1.29, 1.82) is 0 Å². The van der Waals surface area contributed by atoms with Gasteiger partial charge in [-0.1, -0.05) is 0 Å². The van der Waals surface area contributed by atoms with Gasteiger partial charge in [0.2, 0.25) is 6.17 Å². The highest BCUT2D eigenvalue weighted by atomic mass is 19.1. The topological polar surface area (TPSA) is 50.2 Å². The van der Waals surface area contributed by atoms with Crippen molar-refractivity contribution in [3.05, 3.63) is 29.1 Å². The maximum absolute atomic E-state index is 12.9. The molecule has 0 aromatic carbocycles. The quantitative estimate of drug-likeness (QED) is 0.760. The number of carboxylic acid groups (broad SMARTS) is 1. The van der Waals surface area contributed by atoms with Gasteiger partial charge in [0.05, 0.1) is 0 Å². The zero-order valence-corrected chi connectivity index (χ0v) is 7.41. The fraction of sp³-hybridized carbons (Fsp3) is 0.333. The zero-order valence-electron chi connectivity index (χ0n) is 7.41. The summed E-state index contributed by atoms with van der Waals surface area (Å²) >= 11 is 0. The third-order valence-electron chi connectivity index (χ3n) is 1.87. The number of aryl methyl sites for hydroxylation is 2. The lowest BCUT2D eigenvalue weighted by Crippen LogP contribution is -2.07. The first-order valence-corrected chi connectivity index (χ1v) is 3.82. The number of aliphatic carboxylic acids is 1. The molecule has 0 fully saturated rings. The molecule has 70 valence electrons. The van der Waals surface area contributed by atoms with Gasteiger partial charge in [0, 0.05) is 17.5 Å². The average molecular weight is 183 g/mol. The van der Waals surface area contributed by atoms with E-state index in [1.165, 1.54) is 12.3 Å². The Morgan fingerprint density at radius 2 is 2.23 bits per heavy atom. The van der Waals surface area contributed by atoms with E-state index in [0.29, 0.717) is 0 Å². The zero-order chi connectivity index (χ0) is 10.0. The van der Waals surface area contributed by atoms with Crippen LogP contribution in [0.4, 0.5) is 4.39 Å². The SMILES string of the molecule is Cc1cc(C(F)C(=O)O)cnc1C. The number of hydrogen-bond acceptors (Lipinski definition) is 2. The Kier molecular flexibility index (Phi) is 2.60. The van der Waals surface area contributed by atoms with E-state index in [9.17, 15) is 9.18 Å². The van der Waals surface area contributed by atoms with E-state index in [1.807, 2.05) is 0 Å². The summed E-state index contributed by atoms with van der Waals surface area (Å²) in [4.78, 5) is 14.2. The van der Waals surface area contributed by atoms with Gasteiger partial charge in [-0.05, 0) is 25.5 Å². The minimum atomic E-state index is -1.98. The summed E-state index contributed by atoms with van der Waals surface area (Å²) in [6, 6.07) is 1.50. The van der Waals surface area contributed by atoms with Gasteiger partial charge in [0.15, 0.2) is 0 Å². The summed E-state index contributed by atoms with van der Waals surface area (Å²) in [5.41, 5.74) is 1.67. The van der Waals surface area contributed by atoms with Gasteiger partial charge in [-0.15, -0.1) is 0 Å². The lowest BCUT2D eigenvalue weighted by molar-refractivity contribution is -0.143. The molecule has 0 spiro atoms. The van der Waals surface area contributed by atoms with Crippen LogP contribution in [0, 0.1) is 13.8 Å². The van der Waals surface area contributed by atoms with Crippen molar-refractivity contribution in [2.24, 2.45) is 0 Å². The number of halogens is 1. The molecule has 13 heavy (non-hydrogen) atoms. The van der Waals surface area contributed by atoms with Crippen molar-refractivity contribution >= 4 is 5.97 Å². The lowest BCUT2D eigenvalue weighted by Gasteiger charge is -2.05. The molecule has 1 aromatic heterocycles. The van der Waals surface area contributed by atoms with E-state index < -0.39 is 12.1 Å². The first kappa shape index (κ1) is 9.64. The normalized spacial score (nSPS) is 12.5. The number of carbonyl (C=O) groups is 1. The number of carboxylic acids is 1. The fourth-order valence-electron chi connectivity index (χ4n) is 0.946. The minimum Gasteiger partial charge on any atom is -0.479 e. The third kappa shape index (κ3) is 2.02. The van der Waals surface area contributed by atoms with Crippen molar-refractivity contribution in [2.75, 3.05) is 0 Å². The maximum Gasteiger partial charge on any atom is 0.343 e. The van der Waals surface area contributed by atoms with Gasteiger partial charge >= 0.3 is 5.97 Å². The lowest BCUT2D eigenvalue weighted by atomic mass is 10.1. The van der Waals surface area contributed by atoms with Gasteiger partial charge in [0.25, 0.3) is 0 Å².